The van der Waals surface area contributed by atoms with Gasteiger partial charge in [-0.2, -0.15) is 5.26 Å². The molecule has 3 rings (SSSR count). The maximum absolute atomic E-state index is 11.7. The average Bonchev–Trinajstić information content (AvgIpc) is 2.84. The van der Waals surface area contributed by atoms with Crippen LogP contribution in [-0.2, 0) is 14.3 Å². The Kier molecular flexibility index (Phi) is 8.70. The quantitative estimate of drug-likeness (QED) is 0.530. The van der Waals surface area contributed by atoms with Crippen LogP contribution < -0.4 is 10.2 Å². The molecule has 2 N–H and O–H groups in total. The molecule has 176 valence electrons. The fraction of sp³-hybridized carbons (Fsp3) is 0.462. The minimum absolute atomic E-state index is 0.328. The molecule has 33 heavy (non-hydrogen) atoms. The lowest BCUT2D eigenvalue weighted by Crippen LogP contribution is -2.40. The molecule has 2 aromatic carbocycles. The van der Waals surface area contributed by atoms with E-state index in [1.165, 1.54) is 7.11 Å². The number of ether oxygens (including phenoxy) is 2. The summed E-state index contributed by atoms with van der Waals surface area (Å²) in [6, 6.07) is 16.0. The van der Waals surface area contributed by atoms with Gasteiger partial charge in [0.25, 0.3) is 0 Å². The van der Waals surface area contributed by atoms with E-state index in [1.807, 2.05) is 31.2 Å². The molecule has 0 bridgehead atoms. The highest BCUT2D eigenvalue weighted by Gasteiger charge is 2.28. The number of hydrogen-bond acceptors (Lipinski definition) is 6. The standard InChI is InChI=1S/C26H33N3O4/c1-4-13-29(22-11-14-33-15-12-22)24-10-7-20(18(2)25(32-3)26(30)31)16-23(24)28-21-8-5-19(17-27)6-9-21/h5-10,16,18,22,25,28H,4,11-15H2,1-3H3,(H,30,31)/t18?,25-/m0/s1. The molecule has 1 saturated heterocycles. The maximum Gasteiger partial charge on any atom is 0.333 e. The molecule has 0 radical (unpaired) electrons. The Balaban J connectivity index is 2.02. The van der Waals surface area contributed by atoms with Crippen molar-refractivity contribution < 1.29 is 19.4 Å². The highest BCUT2D eigenvalue weighted by atomic mass is 16.5. The number of nitrogens with one attached hydrogen (secondary N) is 1. The number of carbonyl (C=O) groups is 1. The Hall–Kier alpha value is -3.08. The van der Waals surface area contributed by atoms with Gasteiger partial charge in [-0.1, -0.05) is 19.9 Å². The zero-order valence-corrected chi connectivity index (χ0v) is 19.6. The van der Waals surface area contributed by atoms with Crippen molar-refractivity contribution in [3.63, 3.8) is 0 Å². The fourth-order valence-corrected chi connectivity index (χ4v) is 4.40. The van der Waals surface area contributed by atoms with Gasteiger partial charge in [0, 0.05) is 44.5 Å². The molecule has 2 aromatic rings. The molecule has 7 nitrogen and oxygen atoms in total. The van der Waals surface area contributed by atoms with Gasteiger partial charge in [0.2, 0.25) is 0 Å². The molecule has 0 aromatic heterocycles. The molecule has 0 aliphatic carbocycles. The van der Waals surface area contributed by atoms with Crippen LogP contribution in [0.1, 0.15) is 50.2 Å². The van der Waals surface area contributed by atoms with Gasteiger partial charge in [0.1, 0.15) is 0 Å². The van der Waals surface area contributed by atoms with Crippen molar-refractivity contribution in [1.82, 2.24) is 0 Å². The number of nitriles is 1. The smallest absolute Gasteiger partial charge is 0.333 e. The van der Waals surface area contributed by atoms with Gasteiger partial charge in [-0.25, -0.2) is 4.79 Å². The third-order valence-electron chi connectivity index (χ3n) is 6.20. The second kappa shape index (κ2) is 11.7. The molecule has 1 unspecified atom stereocenters. The number of carboxylic acids is 1. The van der Waals surface area contributed by atoms with Crippen molar-refractivity contribution in [3.05, 3.63) is 53.6 Å². The predicted molar refractivity (Wildman–Crippen MR) is 129 cm³/mol. The van der Waals surface area contributed by atoms with Crippen LogP contribution in [-0.4, -0.2) is 50.1 Å². The van der Waals surface area contributed by atoms with Crippen molar-refractivity contribution in [2.75, 3.05) is 37.1 Å². The topological polar surface area (TPSA) is 94.8 Å². The summed E-state index contributed by atoms with van der Waals surface area (Å²) in [5.74, 6) is -1.31. The number of rotatable bonds is 10. The van der Waals surface area contributed by atoms with Crippen molar-refractivity contribution in [2.24, 2.45) is 0 Å². The molecule has 1 fully saturated rings. The van der Waals surface area contributed by atoms with Gasteiger partial charge in [-0.3, -0.25) is 0 Å². The molecule has 1 aliphatic rings. The number of hydrogen-bond donors (Lipinski definition) is 2. The van der Waals surface area contributed by atoms with Crippen LogP contribution in [0.2, 0.25) is 0 Å². The second-order valence-electron chi connectivity index (χ2n) is 8.41. The van der Waals surface area contributed by atoms with Crippen LogP contribution in [0.15, 0.2) is 42.5 Å². The van der Waals surface area contributed by atoms with E-state index in [2.05, 4.69) is 29.3 Å². The summed E-state index contributed by atoms with van der Waals surface area (Å²) < 4.78 is 10.8. The van der Waals surface area contributed by atoms with Crippen LogP contribution in [0.25, 0.3) is 0 Å². The molecule has 1 aliphatic heterocycles. The summed E-state index contributed by atoms with van der Waals surface area (Å²) in [4.78, 5) is 14.1. The lowest BCUT2D eigenvalue weighted by atomic mass is 9.93. The number of benzene rings is 2. The minimum Gasteiger partial charge on any atom is -0.479 e. The van der Waals surface area contributed by atoms with Crippen LogP contribution in [0, 0.1) is 11.3 Å². The molecular weight excluding hydrogens is 418 g/mol. The Morgan fingerprint density at radius 3 is 2.55 bits per heavy atom. The number of methoxy groups -OCH3 is 1. The third-order valence-corrected chi connectivity index (χ3v) is 6.20. The third kappa shape index (κ3) is 6.04. The first-order valence-electron chi connectivity index (χ1n) is 11.5. The van der Waals surface area contributed by atoms with E-state index in [4.69, 9.17) is 14.7 Å². The van der Waals surface area contributed by atoms with E-state index in [0.29, 0.717) is 11.6 Å². The maximum atomic E-state index is 11.7. The van der Waals surface area contributed by atoms with Crippen LogP contribution in [0.4, 0.5) is 17.1 Å². The van der Waals surface area contributed by atoms with Gasteiger partial charge >= 0.3 is 5.97 Å². The van der Waals surface area contributed by atoms with Gasteiger partial charge in [-0.05, 0) is 61.2 Å². The summed E-state index contributed by atoms with van der Waals surface area (Å²) in [5.41, 5.74) is 4.33. The second-order valence-corrected chi connectivity index (χ2v) is 8.41. The van der Waals surface area contributed by atoms with Gasteiger partial charge in [-0.15, -0.1) is 0 Å². The van der Waals surface area contributed by atoms with Crippen molar-refractivity contribution in [3.8, 4) is 6.07 Å². The Bertz CT molecular complexity index is 964. The zero-order valence-electron chi connectivity index (χ0n) is 19.6. The SMILES string of the molecule is CCCN(c1ccc(C(C)[C@H](OC)C(=O)O)cc1Nc1ccc(C#N)cc1)C1CCOCC1. The first-order valence-corrected chi connectivity index (χ1v) is 11.5. The monoisotopic (exact) mass is 451 g/mol. The lowest BCUT2D eigenvalue weighted by molar-refractivity contribution is -0.149. The molecule has 0 amide bonds. The van der Waals surface area contributed by atoms with Gasteiger partial charge in [0.15, 0.2) is 6.10 Å². The normalized spacial score (nSPS) is 15.9. The Morgan fingerprint density at radius 2 is 1.97 bits per heavy atom. The first kappa shape index (κ1) is 24.6. The Morgan fingerprint density at radius 1 is 1.27 bits per heavy atom. The number of nitrogens with zero attached hydrogens (tertiary/aromatic N) is 2. The number of anilines is 3. The van der Waals surface area contributed by atoms with Crippen LogP contribution >= 0.6 is 0 Å². The number of carboxylic acid groups (broad SMARTS) is 1. The lowest BCUT2D eigenvalue weighted by Gasteiger charge is -2.37. The highest BCUT2D eigenvalue weighted by Crippen LogP contribution is 2.36. The molecule has 1 heterocycles. The van der Waals surface area contributed by atoms with Crippen molar-refractivity contribution in [2.45, 2.75) is 51.2 Å². The Labute approximate surface area is 195 Å². The van der Waals surface area contributed by atoms with E-state index < -0.39 is 12.1 Å². The summed E-state index contributed by atoms with van der Waals surface area (Å²) in [6.45, 7) is 6.47. The predicted octanol–water partition coefficient (Wildman–Crippen LogP) is 4.90. The van der Waals surface area contributed by atoms with Crippen molar-refractivity contribution in [1.29, 1.82) is 5.26 Å². The molecular formula is C26H33N3O4. The molecule has 7 heteroatoms. The number of aliphatic carboxylic acids is 1. The van der Waals surface area contributed by atoms with E-state index in [1.54, 1.807) is 12.1 Å². The molecule has 0 spiro atoms. The minimum atomic E-state index is -0.981. The first-order chi connectivity index (χ1) is 16.0. The van der Waals surface area contributed by atoms with Crippen LogP contribution in [0.5, 0.6) is 0 Å². The highest BCUT2D eigenvalue weighted by molar-refractivity contribution is 5.78. The van der Waals surface area contributed by atoms with E-state index in [9.17, 15) is 9.90 Å². The summed E-state index contributed by atoms with van der Waals surface area (Å²) in [7, 11) is 1.42. The van der Waals surface area contributed by atoms with E-state index >= 15 is 0 Å². The zero-order chi connectivity index (χ0) is 23.8. The summed E-state index contributed by atoms with van der Waals surface area (Å²) >= 11 is 0. The molecule has 2 atom stereocenters. The largest absolute Gasteiger partial charge is 0.479 e. The summed E-state index contributed by atoms with van der Waals surface area (Å²) in [5, 5.41) is 22.2. The van der Waals surface area contributed by atoms with Crippen molar-refractivity contribution >= 4 is 23.0 Å². The van der Waals surface area contributed by atoms with E-state index in [-0.39, 0.29) is 5.92 Å². The fourth-order valence-electron chi connectivity index (χ4n) is 4.40. The van der Waals surface area contributed by atoms with Gasteiger partial charge in [0.05, 0.1) is 23.0 Å². The average molecular weight is 452 g/mol. The van der Waals surface area contributed by atoms with Crippen LogP contribution in [0.3, 0.4) is 0 Å². The molecule has 0 saturated carbocycles. The summed E-state index contributed by atoms with van der Waals surface area (Å²) in [6.07, 6.45) is 2.02. The van der Waals surface area contributed by atoms with E-state index in [0.717, 1.165) is 61.6 Å². The van der Waals surface area contributed by atoms with Gasteiger partial charge < -0.3 is 24.8 Å².